The Balaban J connectivity index is 1.51. The van der Waals surface area contributed by atoms with E-state index in [9.17, 15) is 8.42 Å². The number of rotatable bonds is 4. The van der Waals surface area contributed by atoms with E-state index >= 15 is 0 Å². The van der Waals surface area contributed by atoms with E-state index in [0.717, 1.165) is 17.5 Å². The third-order valence-corrected chi connectivity index (χ3v) is 8.80. The number of sulfonamides is 1. The summed E-state index contributed by atoms with van der Waals surface area (Å²) in [6.45, 7) is 0.489. The molecule has 5 rings (SSSR count). The molecule has 1 saturated carbocycles. The zero-order valence-electron chi connectivity index (χ0n) is 17.8. The molecular formula is C27H29NO2S. The number of hydrogen-bond acceptors (Lipinski definition) is 2. The topological polar surface area (TPSA) is 37.4 Å². The quantitative estimate of drug-likeness (QED) is 0.503. The monoisotopic (exact) mass is 431 g/mol. The van der Waals surface area contributed by atoms with Crippen molar-refractivity contribution in [3.63, 3.8) is 0 Å². The number of benzene rings is 3. The van der Waals surface area contributed by atoms with Crippen molar-refractivity contribution in [2.75, 3.05) is 6.54 Å². The van der Waals surface area contributed by atoms with Gasteiger partial charge in [-0.3, -0.25) is 0 Å². The summed E-state index contributed by atoms with van der Waals surface area (Å²) in [5.41, 5.74) is 4.61. The average molecular weight is 432 g/mol. The Morgan fingerprint density at radius 2 is 1.39 bits per heavy atom. The van der Waals surface area contributed by atoms with Gasteiger partial charge in [0, 0.05) is 6.54 Å². The first-order chi connectivity index (χ1) is 15.1. The normalized spacial score (nSPS) is 20.3. The Morgan fingerprint density at radius 1 is 0.710 bits per heavy atom. The lowest BCUT2D eigenvalue weighted by molar-refractivity contribution is 0.344. The van der Waals surface area contributed by atoms with Crippen molar-refractivity contribution in [3.8, 4) is 0 Å². The Bertz CT molecular complexity index is 1130. The highest BCUT2D eigenvalue weighted by Gasteiger charge is 2.37. The third-order valence-electron chi connectivity index (χ3n) is 6.92. The Kier molecular flexibility index (Phi) is 5.68. The van der Waals surface area contributed by atoms with E-state index in [2.05, 4.69) is 12.1 Å². The fourth-order valence-electron chi connectivity index (χ4n) is 5.27. The predicted molar refractivity (Wildman–Crippen MR) is 125 cm³/mol. The minimum atomic E-state index is -3.62. The van der Waals surface area contributed by atoms with Crippen LogP contribution in [0.3, 0.4) is 0 Å². The van der Waals surface area contributed by atoms with E-state index in [4.69, 9.17) is 0 Å². The minimum Gasteiger partial charge on any atom is -0.207 e. The highest BCUT2D eigenvalue weighted by molar-refractivity contribution is 7.89. The molecule has 31 heavy (non-hydrogen) atoms. The van der Waals surface area contributed by atoms with Crippen molar-refractivity contribution >= 4 is 10.0 Å². The molecular weight excluding hydrogens is 402 g/mol. The van der Waals surface area contributed by atoms with Gasteiger partial charge in [0.1, 0.15) is 0 Å². The van der Waals surface area contributed by atoms with Gasteiger partial charge < -0.3 is 0 Å². The first kappa shape index (κ1) is 20.5. The molecule has 3 aromatic rings. The van der Waals surface area contributed by atoms with Crippen molar-refractivity contribution in [1.29, 1.82) is 0 Å². The summed E-state index contributed by atoms with van der Waals surface area (Å²) < 4.78 is 29.3. The summed E-state index contributed by atoms with van der Waals surface area (Å²) in [6, 6.07) is 25.7. The second kappa shape index (κ2) is 8.60. The third kappa shape index (κ3) is 3.95. The fraction of sp³-hybridized carbons (Fsp3) is 0.333. The van der Waals surface area contributed by atoms with E-state index in [-0.39, 0.29) is 6.04 Å². The molecule has 1 heterocycles. The molecule has 1 aliphatic heterocycles. The smallest absolute Gasteiger partial charge is 0.207 e. The summed E-state index contributed by atoms with van der Waals surface area (Å²) >= 11 is 0. The van der Waals surface area contributed by atoms with Gasteiger partial charge >= 0.3 is 0 Å². The lowest BCUT2D eigenvalue weighted by atomic mass is 9.84. The van der Waals surface area contributed by atoms with Crippen LogP contribution in [0.4, 0.5) is 0 Å². The lowest BCUT2D eigenvalue weighted by Gasteiger charge is -2.36. The molecule has 0 saturated heterocycles. The molecule has 0 amide bonds. The highest BCUT2D eigenvalue weighted by atomic mass is 32.2. The molecule has 0 radical (unpaired) electrons. The van der Waals surface area contributed by atoms with Crippen LogP contribution in [0.25, 0.3) is 0 Å². The highest BCUT2D eigenvalue weighted by Crippen LogP contribution is 2.39. The molecule has 1 aliphatic carbocycles. The molecule has 1 fully saturated rings. The largest absolute Gasteiger partial charge is 0.243 e. The molecule has 0 unspecified atom stereocenters. The summed E-state index contributed by atoms with van der Waals surface area (Å²) in [5.74, 6) is 0.574. The van der Waals surface area contributed by atoms with Gasteiger partial charge in [-0.05, 0) is 59.6 Å². The van der Waals surface area contributed by atoms with Crippen LogP contribution in [0.2, 0.25) is 0 Å². The van der Waals surface area contributed by atoms with Crippen molar-refractivity contribution in [2.24, 2.45) is 0 Å². The second-order valence-electron chi connectivity index (χ2n) is 8.78. The van der Waals surface area contributed by atoms with Crippen LogP contribution in [0.1, 0.15) is 66.3 Å². The van der Waals surface area contributed by atoms with Crippen molar-refractivity contribution < 1.29 is 8.42 Å². The molecule has 1 atom stereocenters. The predicted octanol–water partition coefficient (Wildman–Crippen LogP) is 6.07. The van der Waals surface area contributed by atoms with Crippen LogP contribution in [-0.4, -0.2) is 19.3 Å². The van der Waals surface area contributed by atoms with E-state index < -0.39 is 10.0 Å². The molecule has 160 valence electrons. The van der Waals surface area contributed by atoms with Gasteiger partial charge in [-0.25, -0.2) is 8.42 Å². The first-order valence-corrected chi connectivity index (χ1v) is 12.8. The zero-order valence-corrected chi connectivity index (χ0v) is 18.6. The maximum Gasteiger partial charge on any atom is 0.243 e. The van der Waals surface area contributed by atoms with Crippen LogP contribution >= 0.6 is 0 Å². The van der Waals surface area contributed by atoms with Gasteiger partial charge in [0.15, 0.2) is 0 Å². The van der Waals surface area contributed by atoms with Crippen LogP contribution in [0.5, 0.6) is 0 Å². The van der Waals surface area contributed by atoms with Gasteiger partial charge in [0.2, 0.25) is 10.0 Å². The van der Waals surface area contributed by atoms with Gasteiger partial charge in [-0.2, -0.15) is 4.31 Å². The van der Waals surface area contributed by atoms with Crippen LogP contribution in [-0.2, 0) is 16.4 Å². The van der Waals surface area contributed by atoms with Crippen molar-refractivity contribution in [3.05, 3.63) is 101 Å². The van der Waals surface area contributed by atoms with Gasteiger partial charge in [-0.15, -0.1) is 0 Å². The lowest BCUT2D eigenvalue weighted by Crippen LogP contribution is -2.40. The number of hydrogen-bond donors (Lipinski definition) is 0. The molecule has 2 aliphatic rings. The molecule has 4 heteroatoms. The Morgan fingerprint density at radius 3 is 2.13 bits per heavy atom. The number of fused-ring (bicyclic) bond motifs is 1. The summed E-state index contributed by atoms with van der Waals surface area (Å²) in [4.78, 5) is 0.396. The summed E-state index contributed by atoms with van der Waals surface area (Å²) in [5, 5.41) is 0. The fourth-order valence-corrected chi connectivity index (χ4v) is 6.86. The Hall–Kier alpha value is -2.43. The van der Waals surface area contributed by atoms with Gasteiger partial charge in [0.05, 0.1) is 10.9 Å². The first-order valence-electron chi connectivity index (χ1n) is 11.4. The van der Waals surface area contributed by atoms with Gasteiger partial charge in [0.25, 0.3) is 0 Å². The van der Waals surface area contributed by atoms with Crippen LogP contribution in [0, 0.1) is 0 Å². The second-order valence-corrected chi connectivity index (χ2v) is 10.7. The van der Waals surface area contributed by atoms with Crippen molar-refractivity contribution in [1.82, 2.24) is 4.31 Å². The van der Waals surface area contributed by atoms with Crippen molar-refractivity contribution in [2.45, 2.75) is 55.4 Å². The molecule has 0 spiro atoms. The number of nitrogens with zero attached hydrogens (tertiary/aromatic N) is 1. The Labute approximate surface area is 185 Å². The summed E-state index contributed by atoms with van der Waals surface area (Å²) in [7, 11) is -3.62. The van der Waals surface area contributed by atoms with E-state index in [1.54, 1.807) is 4.31 Å². The minimum absolute atomic E-state index is 0.297. The van der Waals surface area contributed by atoms with Crippen LogP contribution < -0.4 is 0 Å². The molecule has 0 bridgehead atoms. The molecule has 0 aromatic heterocycles. The van der Waals surface area contributed by atoms with Gasteiger partial charge in [-0.1, -0.05) is 86.0 Å². The average Bonchev–Trinajstić information content (AvgIpc) is 2.84. The SMILES string of the molecule is O=S(=O)(c1ccc(C2CCCCC2)cc1)N1CCc2ccccc2[C@@H]1c1ccccc1. The van der Waals surface area contributed by atoms with E-state index in [0.29, 0.717) is 17.4 Å². The standard InChI is InChI=1S/C27H29NO2S/c29-31(30,25-17-15-22(16-18-25)21-9-3-1-4-10-21)28-20-19-23-11-7-8-14-26(23)27(28)24-12-5-2-6-13-24/h2,5-8,11-18,21,27H,1,3-4,9-10,19-20H2/t27-/m0/s1. The molecule has 0 N–H and O–H groups in total. The molecule has 3 nitrogen and oxygen atoms in total. The zero-order chi connectivity index (χ0) is 21.3. The maximum atomic E-state index is 13.8. The van der Waals surface area contributed by atoms with Crippen LogP contribution in [0.15, 0.2) is 83.8 Å². The van der Waals surface area contributed by atoms with E-state index in [1.807, 2.05) is 66.7 Å². The molecule has 3 aromatic carbocycles. The van der Waals surface area contributed by atoms with E-state index in [1.165, 1.54) is 43.2 Å². The summed E-state index contributed by atoms with van der Waals surface area (Å²) in [6.07, 6.45) is 7.03. The maximum absolute atomic E-state index is 13.8.